The number of nitrogens with zero attached hydrogens (tertiary/aromatic N) is 2. The minimum Gasteiger partial charge on any atom is -0.389 e. The van der Waals surface area contributed by atoms with Crippen LogP contribution in [0.5, 0.6) is 0 Å². The molecule has 1 N–H and O–H groups in total. The zero-order valence-electron chi connectivity index (χ0n) is 14.3. The number of hydrogen-bond acceptors (Lipinski definition) is 3. The molecule has 136 valence electrons. The average Bonchev–Trinajstić information content (AvgIpc) is 3.03. The predicted octanol–water partition coefficient (Wildman–Crippen LogP) is 3.64. The molecule has 0 spiro atoms. The van der Waals surface area contributed by atoms with Gasteiger partial charge in [-0.1, -0.05) is 24.3 Å². The summed E-state index contributed by atoms with van der Waals surface area (Å²) >= 11 is 0. The molecule has 0 aliphatic carbocycles. The van der Waals surface area contributed by atoms with Gasteiger partial charge in [-0.15, -0.1) is 0 Å². The van der Waals surface area contributed by atoms with Gasteiger partial charge >= 0.3 is 0 Å². The van der Waals surface area contributed by atoms with Crippen LogP contribution in [0.3, 0.4) is 0 Å². The van der Waals surface area contributed by atoms with Gasteiger partial charge in [-0.2, -0.15) is 0 Å². The van der Waals surface area contributed by atoms with E-state index in [1.165, 1.54) is 24.3 Å². The van der Waals surface area contributed by atoms with Crippen molar-refractivity contribution in [2.45, 2.75) is 25.7 Å². The third-order valence-corrected chi connectivity index (χ3v) is 4.13. The highest BCUT2D eigenvalue weighted by molar-refractivity contribution is 5.30. The second-order valence-corrected chi connectivity index (χ2v) is 6.10. The van der Waals surface area contributed by atoms with Crippen molar-refractivity contribution in [2.75, 3.05) is 6.61 Å². The first-order valence-electron chi connectivity index (χ1n) is 8.31. The van der Waals surface area contributed by atoms with Crippen LogP contribution in [0.4, 0.5) is 8.78 Å². The molecule has 0 saturated carbocycles. The van der Waals surface area contributed by atoms with E-state index in [9.17, 15) is 13.9 Å². The molecule has 26 heavy (non-hydrogen) atoms. The predicted molar refractivity (Wildman–Crippen MR) is 93.6 cm³/mol. The van der Waals surface area contributed by atoms with Crippen LogP contribution in [0.2, 0.25) is 0 Å². The van der Waals surface area contributed by atoms with Gasteiger partial charge in [-0.3, -0.25) is 0 Å². The molecule has 0 bridgehead atoms. The highest BCUT2D eigenvalue weighted by atomic mass is 19.1. The molecule has 1 heterocycles. The van der Waals surface area contributed by atoms with E-state index in [2.05, 4.69) is 4.98 Å². The van der Waals surface area contributed by atoms with Crippen LogP contribution in [0.25, 0.3) is 0 Å². The maximum atomic E-state index is 13.2. The van der Waals surface area contributed by atoms with E-state index in [-0.39, 0.29) is 18.2 Å². The maximum absolute atomic E-state index is 13.2. The lowest BCUT2D eigenvalue weighted by Crippen LogP contribution is -2.24. The van der Waals surface area contributed by atoms with Crippen molar-refractivity contribution in [1.82, 2.24) is 9.55 Å². The molecular weight excluding hydrogens is 338 g/mol. The first-order chi connectivity index (χ1) is 12.5. The summed E-state index contributed by atoms with van der Waals surface area (Å²) in [5.41, 5.74) is 1.45. The topological polar surface area (TPSA) is 47.3 Å². The molecule has 1 atom stereocenters. The number of aliphatic hydroxyl groups excluding tert-OH is 1. The number of rotatable bonds is 7. The second-order valence-electron chi connectivity index (χ2n) is 6.10. The minimum atomic E-state index is -0.744. The molecule has 3 rings (SSSR count). The van der Waals surface area contributed by atoms with Crippen LogP contribution in [0.1, 0.15) is 23.1 Å². The fraction of sp³-hybridized carbons (Fsp3) is 0.250. The van der Waals surface area contributed by atoms with E-state index in [1.54, 1.807) is 36.7 Å². The van der Waals surface area contributed by atoms with Crippen LogP contribution in [-0.4, -0.2) is 27.4 Å². The Morgan fingerprint density at radius 1 is 1.00 bits per heavy atom. The van der Waals surface area contributed by atoms with Gasteiger partial charge in [0.2, 0.25) is 0 Å². The van der Waals surface area contributed by atoms with Crippen molar-refractivity contribution < 1.29 is 18.6 Å². The molecule has 1 aromatic heterocycles. The molecule has 0 amide bonds. The number of ether oxygens (including phenoxy) is 1. The Balaban J connectivity index is 1.74. The number of aryl methyl sites for hydroxylation is 1. The summed E-state index contributed by atoms with van der Waals surface area (Å²) in [4.78, 5) is 4.12. The molecule has 0 aliphatic heterocycles. The van der Waals surface area contributed by atoms with Crippen molar-refractivity contribution in [3.63, 3.8) is 0 Å². The van der Waals surface area contributed by atoms with Crippen molar-refractivity contribution >= 4 is 0 Å². The van der Waals surface area contributed by atoms with E-state index in [0.717, 1.165) is 17.0 Å². The van der Waals surface area contributed by atoms with Gasteiger partial charge in [0.1, 0.15) is 23.6 Å². The molecule has 2 aromatic carbocycles. The highest BCUT2D eigenvalue weighted by Gasteiger charge is 2.18. The standard InChI is InChI=1S/C20H20F2N2O2/c1-14-23-10-11-24(14)12-19(25)13-26-20(15-2-6-17(21)7-3-15)16-4-8-18(22)9-5-16/h2-11,19-20,25H,12-13H2,1H3. The lowest BCUT2D eigenvalue weighted by molar-refractivity contribution is -0.000821. The fourth-order valence-electron chi connectivity index (χ4n) is 2.74. The molecule has 0 fully saturated rings. The first kappa shape index (κ1) is 18.2. The van der Waals surface area contributed by atoms with Crippen molar-refractivity contribution in [3.05, 3.63) is 89.5 Å². The van der Waals surface area contributed by atoms with Crippen LogP contribution in [0, 0.1) is 18.6 Å². The Hall–Kier alpha value is -2.57. The normalized spacial score (nSPS) is 12.5. The Morgan fingerprint density at radius 2 is 1.54 bits per heavy atom. The Morgan fingerprint density at radius 3 is 2.00 bits per heavy atom. The molecular formula is C20H20F2N2O2. The molecule has 3 aromatic rings. The van der Waals surface area contributed by atoms with Crippen LogP contribution < -0.4 is 0 Å². The smallest absolute Gasteiger partial charge is 0.123 e. The lowest BCUT2D eigenvalue weighted by Gasteiger charge is -2.21. The van der Waals surface area contributed by atoms with Crippen LogP contribution in [-0.2, 0) is 11.3 Å². The number of imidazole rings is 1. The summed E-state index contributed by atoms with van der Waals surface area (Å²) in [6.45, 7) is 2.27. The van der Waals surface area contributed by atoms with Gasteiger partial charge < -0.3 is 14.4 Å². The summed E-state index contributed by atoms with van der Waals surface area (Å²) in [7, 11) is 0. The Bertz CT molecular complexity index is 786. The summed E-state index contributed by atoms with van der Waals surface area (Å²) in [5.74, 6) is 0.113. The number of aliphatic hydroxyl groups is 1. The molecule has 4 nitrogen and oxygen atoms in total. The van der Waals surface area contributed by atoms with E-state index in [4.69, 9.17) is 4.74 Å². The number of hydrogen-bond donors (Lipinski definition) is 1. The van der Waals surface area contributed by atoms with Gasteiger partial charge in [0.25, 0.3) is 0 Å². The van der Waals surface area contributed by atoms with Gasteiger partial charge in [0, 0.05) is 12.4 Å². The number of halogens is 2. The van der Waals surface area contributed by atoms with E-state index in [0.29, 0.717) is 6.54 Å². The van der Waals surface area contributed by atoms with Crippen molar-refractivity contribution in [2.24, 2.45) is 0 Å². The van der Waals surface area contributed by atoms with Crippen LogP contribution in [0.15, 0.2) is 60.9 Å². The molecule has 0 aliphatic rings. The summed E-state index contributed by atoms with van der Waals surface area (Å²) in [6, 6.07) is 11.9. The highest BCUT2D eigenvalue weighted by Crippen LogP contribution is 2.27. The summed E-state index contributed by atoms with van der Waals surface area (Å²) in [6.07, 6.45) is 2.18. The molecule has 6 heteroatoms. The van der Waals surface area contributed by atoms with E-state index >= 15 is 0 Å². The lowest BCUT2D eigenvalue weighted by atomic mass is 10.0. The summed E-state index contributed by atoms with van der Waals surface area (Å²) < 4.78 is 34.2. The minimum absolute atomic E-state index is 0.0665. The number of aromatic nitrogens is 2. The second kappa shape index (κ2) is 8.21. The van der Waals surface area contributed by atoms with Crippen molar-refractivity contribution in [3.8, 4) is 0 Å². The molecule has 1 unspecified atom stereocenters. The fourth-order valence-corrected chi connectivity index (χ4v) is 2.74. The summed E-state index contributed by atoms with van der Waals surface area (Å²) in [5, 5.41) is 10.3. The number of benzene rings is 2. The van der Waals surface area contributed by atoms with Gasteiger partial charge in [0.05, 0.1) is 19.3 Å². The zero-order valence-corrected chi connectivity index (χ0v) is 14.3. The van der Waals surface area contributed by atoms with Gasteiger partial charge in [0.15, 0.2) is 0 Å². The Kier molecular flexibility index (Phi) is 5.75. The third-order valence-electron chi connectivity index (χ3n) is 4.13. The van der Waals surface area contributed by atoms with E-state index < -0.39 is 12.2 Å². The quantitative estimate of drug-likeness (QED) is 0.701. The monoisotopic (exact) mass is 358 g/mol. The van der Waals surface area contributed by atoms with Crippen molar-refractivity contribution in [1.29, 1.82) is 0 Å². The maximum Gasteiger partial charge on any atom is 0.123 e. The molecule has 0 radical (unpaired) electrons. The zero-order chi connectivity index (χ0) is 18.5. The third kappa shape index (κ3) is 4.53. The Labute approximate surface area is 150 Å². The van der Waals surface area contributed by atoms with E-state index in [1.807, 2.05) is 11.5 Å². The van der Waals surface area contributed by atoms with Crippen LogP contribution >= 0.6 is 0 Å². The van der Waals surface area contributed by atoms with Gasteiger partial charge in [-0.25, -0.2) is 13.8 Å². The average molecular weight is 358 g/mol. The largest absolute Gasteiger partial charge is 0.389 e. The molecule has 0 saturated heterocycles. The van der Waals surface area contributed by atoms with Gasteiger partial charge in [-0.05, 0) is 42.3 Å². The SMILES string of the molecule is Cc1nccn1CC(O)COC(c1ccc(F)cc1)c1ccc(F)cc1. The first-order valence-corrected chi connectivity index (χ1v) is 8.31.